The van der Waals surface area contributed by atoms with E-state index in [1.54, 1.807) is 6.20 Å². The molecule has 2 aliphatic rings. The number of hydrogen-bond donors (Lipinski definition) is 1. The van der Waals surface area contributed by atoms with Gasteiger partial charge in [-0.3, -0.25) is 9.48 Å². The lowest BCUT2D eigenvalue weighted by Crippen LogP contribution is -2.37. The van der Waals surface area contributed by atoms with Crippen molar-refractivity contribution in [1.82, 2.24) is 14.7 Å². The Hall–Kier alpha value is -1.36. The molecule has 2 fully saturated rings. The molecule has 2 atom stereocenters. The first-order valence-corrected chi connectivity index (χ1v) is 7.24. The first-order chi connectivity index (χ1) is 9.20. The number of rotatable bonds is 4. The van der Waals surface area contributed by atoms with Crippen LogP contribution < -0.4 is 5.73 Å². The fourth-order valence-corrected chi connectivity index (χ4v) is 3.45. The van der Waals surface area contributed by atoms with Gasteiger partial charge in [-0.05, 0) is 45.1 Å². The van der Waals surface area contributed by atoms with Crippen LogP contribution in [0.5, 0.6) is 0 Å². The monoisotopic (exact) mass is 262 g/mol. The van der Waals surface area contributed by atoms with E-state index >= 15 is 0 Å². The predicted molar refractivity (Wildman–Crippen MR) is 72.8 cm³/mol. The zero-order chi connectivity index (χ0) is 13.4. The molecule has 1 amide bonds. The van der Waals surface area contributed by atoms with Gasteiger partial charge in [-0.25, -0.2) is 0 Å². The van der Waals surface area contributed by atoms with Gasteiger partial charge in [0.2, 0.25) is 0 Å². The van der Waals surface area contributed by atoms with E-state index in [9.17, 15) is 4.79 Å². The van der Waals surface area contributed by atoms with E-state index in [1.807, 2.05) is 11.6 Å². The molecule has 3 rings (SSSR count). The number of amides is 1. The molecule has 1 aromatic rings. The summed E-state index contributed by atoms with van der Waals surface area (Å²) in [5.41, 5.74) is 7.26. The molecule has 104 valence electrons. The lowest BCUT2D eigenvalue weighted by molar-refractivity contribution is 0.0702. The van der Waals surface area contributed by atoms with E-state index in [0.717, 1.165) is 36.7 Å². The number of carbonyl (C=O) groups excluding carboxylic acids is 1. The van der Waals surface area contributed by atoms with Crippen molar-refractivity contribution >= 4 is 5.91 Å². The van der Waals surface area contributed by atoms with Crippen molar-refractivity contribution in [3.63, 3.8) is 0 Å². The number of nitrogens with two attached hydrogens (primary N) is 1. The van der Waals surface area contributed by atoms with Gasteiger partial charge in [-0.1, -0.05) is 0 Å². The normalized spacial score (nSPS) is 25.3. The SMILES string of the molecule is Cc1c(C(=O)N2CC3CCC2C3)cnn1CCCN. The molecule has 2 heterocycles. The van der Waals surface area contributed by atoms with Crippen molar-refractivity contribution in [1.29, 1.82) is 0 Å². The minimum absolute atomic E-state index is 0.170. The topological polar surface area (TPSA) is 64.2 Å². The molecule has 2 N–H and O–H groups in total. The van der Waals surface area contributed by atoms with Crippen LogP contribution in [0.1, 0.15) is 41.7 Å². The Bertz CT molecular complexity index is 482. The fraction of sp³-hybridized carbons (Fsp3) is 0.714. The zero-order valence-corrected chi connectivity index (χ0v) is 11.5. The first kappa shape index (κ1) is 12.7. The summed E-state index contributed by atoms with van der Waals surface area (Å²) < 4.78 is 1.90. The lowest BCUT2D eigenvalue weighted by Gasteiger charge is -2.26. The fourth-order valence-electron chi connectivity index (χ4n) is 3.45. The molecule has 5 nitrogen and oxygen atoms in total. The van der Waals surface area contributed by atoms with Gasteiger partial charge in [0.1, 0.15) is 0 Å². The van der Waals surface area contributed by atoms with Crippen LogP contribution in [0.4, 0.5) is 0 Å². The molecule has 1 aliphatic carbocycles. The third-order valence-corrected chi connectivity index (χ3v) is 4.58. The highest BCUT2D eigenvalue weighted by atomic mass is 16.2. The van der Waals surface area contributed by atoms with E-state index in [0.29, 0.717) is 12.6 Å². The van der Waals surface area contributed by atoms with Gasteiger partial charge < -0.3 is 10.6 Å². The van der Waals surface area contributed by atoms with Crippen LogP contribution in [0.2, 0.25) is 0 Å². The van der Waals surface area contributed by atoms with Crippen molar-refractivity contribution < 1.29 is 4.79 Å². The second kappa shape index (κ2) is 4.96. The van der Waals surface area contributed by atoms with Crippen molar-refractivity contribution in [2.24, 2.45) is 11.7 Å². The van der Waals surface area contributed by atoms with Crippen molar-refractivity contribution in [3.8, 4) is 0 Å². The Kier molecular flexibility index (Phi) is 3.31. The average Bonchev–Trinajstić information content (AvgIpc) is 3.11. The Morgan fingerprint density at radius 3 is 3.00 bits per heavy atom. The van der Waals surface area contributed by atoms with E-state index < -0.39 is 0 Å². The Balaban J connectivity index is 1.75. The van der Waals surface area contributed by atoms with E-state index in [4.69, 9.17) is 5.73 Å². The van der Waals surface area contributed by atoms with Crippen LogP contribution in [0.25, 0.3) is 0 Å². The lowest BCUT2D eigenvalue weighted by atomic mass is 10.1. The minimum atomic E-state index is 0.170. The second-order valence-corrected chi connectivity index (χ2v) is 5.80. The smallest absolute Gasteiger partial charge is 0.257 e. The van der Waals surface area contributed by atoms with E-state index in [2.05, 4.69) is 10.00 Å². The average molecular weight is 262 g/mol. The minimum Gasteiger partial charge on any atom is -0.335 e. The van der Waals surface area contributed by atoms with Crippen LogP contribution in [-0.4, -0.2) is 39.7 Å². The van der Waals surface area contributed by atoms with Crippen LogP contribution in [0.3, 0.4) is 0 Å². The van der Waals surface area contributed by atoms with Gasteiger partial charge in [0, 0.05) is 24.8 Å². The quantitative estimate of drug-likeness (QED) is 0.885. The molecular formula is C14H22N4O. The molecule has 2 bridgehead atoms. The summed E-state index contributed by atoms with van der Waals surface area (Å²) in [5.74, 6) is 0.908. The molecule has 19 heavy (non-hydrogen) atoms. The Labute approximate surface area is 113 Å². The van der Waals surface area contributed by atoms with Crippen LogP contribution >= 0.6 is 0 Å². The van der Waals surface area contributed by atoms with Crippen molar-refractivity contribution in [2.75, 3.05) is 13.1 Å². The number of aromatic nitrogens is 2. The molecule has 1 saturated heterocycles. The summed E-state index contributed by atoms with van der Waals surface area (Å²) in [6.45, 7) is 4.36. The number of nitrogens with zero attached hydrogens (tertiary/aromatic N) is 3. The number of hydrogen-bond acceptors (Lipinski definition) is 3. The van der Waals surface area contributed by atoms with Gasteiger partial charge in [0.05, 0.1) is 11.8 Å². The highest BCUT2D eigenvalue weighted by Gasteiger charge is 2.41. The molecule has 1 aromatic heterocycles. The summed E-state index contributed by atoms with van der Waals surface area (Å²) in [6, 6.07) is 0.476. The number of fused-ring (bicyclic) bond motifs is 2. The second-order valence-electron chi connectivity index (χ2n) is 5.80. The third-order valence-electron chi connectivity index (χ3n) is 4.58. The van der Waals surface area contributed by atoms with Gasteiger partial charge in [-0.2, -0.15) is 5.10 Å². The van der Waals surface area contributed by atoms with E-state index in [1.165, 1.54) is 19.3 Å². The maximum atomic E-state index is 12.6. The summed E-state index contributed by atoms with van der Waals surface area (Å²) in [7, 11) is 0. The maximum Gasteiger partial charge on any atom is 0.257 e. The van der Waals surface area contributed by atoms with Gasteiger partial charge in [-0.15, -0.1) is 0 Å². The number of likely N-dealkylation sites (tertiary alicyclic amines) is 1. The van der Waals surface area contributed by atoms with Crippen molar-refractivity contribution in [2.45, 2.75) is 45.2 Å². The van der Waals surface area contributed by atoms with Gasteiger partial charge in [0.15, 0.2) is 0 Å². The highest BCUT2D eigenvalue weighted by molar-refractivity contribution is 5.95. The number of carbonyl (C=O) groups is 1. The third kappa shape index (κ3) is 2.16. The first-order valence-electron chi connectivity index (χ1n) is 7.24. The number of aryl methyl sites for hydroxylation is 1. The zero-order valence-electron chi connectivity index (χ0n) is 11.5. The summed E-state index contributed by atoms with van der Waals surface area (Å²) in [6.07, 6.45) is 6.29. The van der Waals surface area contributed by atoms with Crippen LogP contribution in [0.15, 0.2) is 6.20 Å². The summed E-state index contributed by atoms with van der Waals surface area (Å²) >= 11 is 0. The van der Waals surface area contributed by atoms with Crippen LogP contribution in [-0.2, 0) is 6.54 Å². The Morgan fingerprint density at radius 2 is 2.37 bits per heavy atom. The Morgan fingerprint density at radius 1 is 1.53 bits per heavy atom. The molecule has 5 heteroatoms. The maximum absolute atomic E-state index is 12.6. The molecular weight excluding hydrogens is 240 g/mol. The largest absolute Gasteiger partial charge is 0.335 e. The summed E-state index contributed by atoms with van der Waals surface area (Å²) in [4.78, 5) is 14.7. The highest BCUT2D eigenvalue weighted by Crippen LogP contribution is 2.38. The number of piperidine rings is 1. The van der Waals surface area contributed by atoms with E-state index in [-0.39, 0.29) is 5.91 Å². The predicted octanol–water partition coefficient (Wildman–Crippen LogP) is 1.16. The molecule has 2 unspecified atom stereocenters. The molecule has 1 aliphatic heterocycles. The van der Waals surface area contributed by atoms with Crippen molar-refractivity contribution in [3.05, 3.63) is 17.5 Å². The molecule has 1 saturated carbocycles. The van der Waals surface area contributed by atoms with Gasteiger partial charge >= 0.3 is 0 Å². The summed E-state index contributed by atoms with van der Waals surface area (Å²) in [5, 5.41) is 4.32. The standard InChI is InChI=1S/C14H22N4O/c1-10-13(8-16-18(10)6-2-5-15)14(19)17-9-11-3-4-12(17)7-11/h8,11-12H,2-7,9,15H2,1H3. The molecule has 0 spiro atoms. The van der Waals surface area contributed by atoms with Gasteiger partial charge in [0.25, 0.3) is 5.91 Å². The van der Waals surface area contributed by atoms with Crippen LogP contribution in [0, 0.1) is 12.8 Å². The molecule has 0 aromatic carbocycles. The molecule has 0 radical (unpaired) electrons.